The van der Waals surface area contributed by atoms with Gasteiger partial charge in [-0.05, 0) is 13.0 Å². The number of methoxy groups -OCH3 is 2. The molecule has 0 aliphatic carbocycles. The molecule has 0 N–H and O–H groups in total. The number of aryl methyl sites for hydroxylation is 1. The molecule has 0 amide bonds. The van der Waals surface area contributed by atoms with Crippen LogP contribution < -0.4 is 14.2 Å². The van der Waals surface area contributed by atoms with Crippen LogP contribution in [0.3, 0.4) is 0 Å². The standard InChI is InChI=1S/C20H18Cl2N2O5/c1-11-6-12(24-29-11)10-28-19-13(4-5-17(26-2)20(19)27-3)14(9-25)18-15(21)7-23-8-16(18)22/h4-9,14H,10H2,1-3H3. The van der Waals surface area contributed by atoms with Crippen molar-refractivity contribution in [2.24, 2.45) is 0 Å². The van der Waals surface area contributed by atoms with Crippen LogP contribution in [0.1, 0.15) is 28.5 Å². The highest BCUT2D eigenvalue weighted by atomic mass is 35.5. The van der Waals surface area contributed by atoms with Crippen molar-refractivity contribution in [3.8, 4) is 17.2 Å². The number of ether oxygens (including phenoxy) is 3. The summed E-state index contributed by atoms with van der Waals surface area (Å²) in [6.45, 7) is 1.88. The van der Waals surface area contributed by atoms with Crippen LogP contribution in [0.25, 0.3) is 0 Å². The molecule has 0 radical (unpaired) electrons. The fourth-order valence-electron chi connectivity index (χ4n) is 2.95. The van der Waals surface area contributed by atoms with E-state index in [1.54, 1.807) is 25.1 Å². The SMILES string of the molecule is COc1ccc(C(C=O)c2c(Cl)cncc2Cl)c(OCc2cc(C)on2)c1OC. The first-order valence-electron chi connectivity index (χ1n) is 8.54. The molecule has 0 saturated heterocycles. The number of hydrogen-bond donors (Lipinski definition) is 0. The Bertz CT molecular complexity index is 1000. The fourth-order valence-corrected chi connectivity index (χ4v) is 3.55. The van der Waals surface area contributed by atoms with Crippen molar-refractivity contribution in [1.29, 1.82) is 0 Å². The number of aldehydes is 1. The minimum absolute atomic E-state index is 0.0945. The van der Waals surface area contributed by atoms with Gasteiger partial charge in [-0.3, -0.25) is 4.98 Å². The Kier molecular flexibility index (Phi) is 6.61. The summed E-state index contributed by atoms with van der Waals surface area (Å²) in [5.41, 5.74) is 1.52. The molecule has 2 aromatic heterocycles. The van der Waals surface area contributed by atoms with E-state index in [1.165, 1.54) is 26.6 Å². The molecule has 3 rings (SSSR count). The first kappa shape index (κ1) is 21.0. The van der Waals surface area contributed by atoms with Gasteiger partial charge in [0.25, 0.3) is 0 Å². The number of aromatic nitrogens is 2. The number of carbonyl (C=O) groups excluding carboxylic acids is 1. The predicted octanol–water partition coefficient (Wildman–Crippen LogP) is 4.61. The third-order valence-corrected chi connectivity index (χ3v) is 4.85. The summed E-state index contributed by atoms with van der Waals surface area (Å²) in [6.07, 6.45) is 3.60. The Morgan fingerprint density at radius 3 is 2.41 bits per heavy atom. The number of pyridine rings is 1. The van der Waals surface area contributed by atoms with Gasteiger partial charge >= 0.3 is 0 Å². The third-order valence-electron chi connectivity index (χ3n) is 4.24. The van der Waals surface area contributed by atoms with E-state index in [0.717, 1.165) is 6.29 Å². The fraction of sp³-hybridized carbons (Fsp3) is 0.250. The number of carbonyl (C=O) groups is 1. The van der Waals surface area contributed by atoms with Gasteiger partial charge in [0, 0.05) is 29.6 Å². The molecule has 0 fully saturated rings. The van der Waals surface area contributed by atoms with Crippen molar-refractivity contribution in [1.82, 2.24) is 10.1 Å². The molecular formula is C20H18Cl2N2O5. The Morgan fingerprint density at radius 1 is 1.14 bits per heavy atom. The molecule has 29 heavy (non-hydrogen) atoms. The summed E-state index contributed by atoms with van der Waals surface area (Å²) in [5.74, 6) is 0.931. The van der Waals surface area contributed by atoms with Gasteiger partial charge in [0.05, 0.1) is 30.2 Å². The van der Waals surface area contributed by atoms with E-state index in [2.05, 4.69) is 10.1 Å². The zero-order valence-electron chi connectivity index (χ0n) is 15.9. The molecule has 3 aromatic rings. The topological polar surface area (TPSA) is 83.7 Å². The largest absolute Gasteiger partial charge is 0.493 e. The molecule has 0 saturated carbocycles. The zero-order valence-corrected chi connectivity index (χ0v) is 17.5. The lowest BCUT2D eigenvalue weighted by molar-refractivity contribution is -0.108. The van der Waals surface area contributed by atoms with Crippen LogP contribution in [0.4, 0.5) is 0 Å². The van der Waals surface area contributed by atoms with Crippen LogP contribution in [0.15, 0.2) is 35.1 Å². The first-order valence-corrected chi connectivity index (χ1v) is 9.29. The third kappa shape index (κ3) is 4.31. The van der Waals surface area contributed by atoms with Gasteiger partial charge in [-0.1, -0.05) is 34.4 Å². The van der Waals surface area contributed by atoms with E-state index in [9.17, 15) is 4.79 Å². The van der Waals surface area contributed by atoms with E-state index >= 15 is 0 Å². The molecular weight excluding hydrogens is 419 g/mol. The molecule has 0 bridgehead atoms. The van der Waals surface area contributed by atoms with Crippen LogP contribution in [0.2, 0.25) is 10.0 Å². The van der Waals surface area contributed by atoms with Crippen LogP contribution in [-0.2, 0) is 11.4 Å². The van der Waals surface area contributed by atoms with E-state index in [4.69, 9.17) is 41.9 Å². The van der Waals surface area contributed by atoms with Crippen molar-refractivity contribution < 1.29 is 23.5 Å². The van der Waals surface area contributed by atoms with E-state index in [1.807, 2.05) is 0 Å². The maximum absolute atomic E-state index is 12.1. The highest BCUT2D eigenvalue weighted by Gasteiger charge is 2.27. The summed E-state index contributed by atoms with van der Waals surface area (Å²) in [4.78, 5) is 16.0. The monoisotopic (exact) mass is 436 g/mol. The molecule has 7 nitrogen and oxygen atoms in total. The molecule has 2 heterocycles. The van der Waals surface area contributed by atoms with Gasteiger partial charge in [0.1, 0.15) is 24.3 Å². The molecule has 0 spiro atoms. The quantitative estimate of drug-likeness (QED) is 0.476. The van der Waals surface area contributed by atoms with Crippen molar-refractivity contribution in [2.75, 3.05) is 14.2 Å². The molecule has 152 valence electrons. The van der Waals surface area contributed by atoms with Crippen molar-refractivity contribution in [3.63, 3.8) is 0 Å². The lowest BCUT2D eigenvalue weighted by Gasteiger charge is -2.21. The maximum atomic E-state index is 12.1. The molecule has 9 heteroatoms. The second-order valence-electron chi connectivity index (χ2n) is 6.07. The van der Waals surface area contributed by atoms with Crippen LogP contribution >= 0.6 is 23.2 Å². The lowest BCUT2D eigenvalue weighted by Crippen LogP contribution is -2.10. The van der Waals surface area contributed by atoms with Crippen molar-refractivity contribution >= 4 is 29.5 Å². The molecule has 1 unspecified atom stereocenters. The van der Waals surface area contributed by atoms with Gasteiger partial charge in [-0.25, -0.2) is 0 Å². The van der Waals surface area contributed by atoms with Gasteiger partial charge in [-0.15, -0.1) is 0 Å². The van der Waals surface area contributed by atoms with Gasteiger partial charge in [-0.2, -0.15) is 0 Å². The predicted molar refractivity (Wildman–Crippen MR) is 107 cm³/mol. The summed E-state index contributed by atoms with van der Waals surface area (Å²) < 4.78 is 21.9. The zero-order chi connectivity index (χ0) is 21.0. The second kappa shape index (κ2) is 9.15. The van der Waals surface area contributed by atoms with Crippen molar-refractivity contribution in [3.05, 3.63) is 63.2 Å². The maximum Gasteiger partial charge on any atom is 0.203 e. The second-order valence-corrected chi connectivity index (χ2v) is 6.88. The van der Waals surface area contributed by atoms with Crippen LogP contribution in [0, 0.1) is 6.92 Å². The number of nitrogens with zero attached hydrogens (tertiary/aromatic N) is 2. The average Bonchev–Trinajstić information content (AvgIpc) is 3.13. The lowest BCUT2D eigenvalue weighted by atomic mass is 9.92. The minimum atomic E-state index is -0.813. The Labute approximate surface area is 177 Å². The normalized spacial score (nSPS) is 11.8. The summed E-state index contributed by atoms with van der Waals surface area (Å²) in [5, 5.41) is 4.45. The van der Waals surface area contributed by atoms with E-state index in [-0.39, 0.29) is 16.7 Å². The number of halogens is 2. The van der Waals surface area contributed by atoms with Crippen LogP contribution in [0.5, 0.6) is 17.2 Å². The van der Waals surface area contributed by atoms with Gasteiger partial charge < -0.3 is 23.5 Å². The highest BCUT2D eigenvalue weighted by molar-refractivity contribution is 6.36. The van der Waals surface area contributed by atoms with Crippen molar-refractivity contribution in [2.45, 2.75) is 19.4 Å². The highest BCUT2D eigenvalue weighted by Crippen LogP contribution is 2.46. The number of rotatable bonds is 8. The smallest absolute Gasteiger partial charge is 0.203 e. The Morgan fingerprint density at radius 2 is 1.86 bits per heavy atom. The summed E-state index contributed by atoms with van der Waals surface area (Å²) in [6, 6.07) is 5.14. The Balaban J connectivity index is 2.12. The average molecular weight is 437 g/mol. The minimum Gasteiger partial charge on any atom is -0.493 e. The van der Waals surface area contributed by atoms with Gasteiger partial charge in [0.2, 0.25) is 5.75 Å². The molecule has 0 aliphatic rings. The van der Waals surface area contributed by atoms with E-state index < -0.39 is 5.92 Å². The van der Waals surface area contributed by atoms with E-state index in [0.29, 0.717) is 39.8 Å². The Hall–Kier alpha value is -2.77. The summed E-state index contributed by atoms with van der Waals surface area (Å²) in [7, 11) is 2.99. The number of hydrogen-bond acceptors (Lipinski definition) is 7. The summed E-state index contributed by atoms with van der Waals surface area (Å²) >= 11 is 12.6. The number of benzene rings is 1. The van der Waals surface area contributed by atoms with Gasteiger partial charge in [0.15, 0.2) is 11.5 Å². The molecule has 0 aliphatic heterocycles. The van der Waals surface area contributed by atoms with Crippen LogP contribution in [-0.4, -0.2) is 30.6 Å². The molecule has 1 aromatic carbocycles. The molecule has 1 atom stereocenters. The first-order chi connectivity index (χ1) is 14.0.